The van der Waals surface area contributed by atoms with Crippen molar-refractivity contribution in [2.75, 3.05) is 20.8 Å². The van der Waals surface area contributed by atoms with Crippen molar-refractivity contribution in [3.8, 4) is 0 Å². The van der Waals surface area contributed by atoms with E-state index >= 15 is 0 Å². The molecule has 2 aromatic heterocycles. The van der Waals surface area contributed by atoms with E-state index in [1.807, 2.05) is 0 Å². The van der Waals surface area contributed by atoms with Gasteiger partial charge in [0.2, 0.25) is 0 Å². The highest BCUT2D eigenvalue weighted by atomic mass is 16.5. The Kier molecular flexibility index (Phi) is 10.5. The van der Waals surface area contributed by atoms with Crippen LogP contribution in [0.3, 0.4) is 0 Å². The molecule has 5 aromatic carbocycles. The molecule has 0 aliphatic heterocycles. The van der Waals surface area contributed by atoms with Gasteiger partial charge in [-0.3, -0.25) is 23.7 Å². The summed E-state index contributed by atoms with van der Waals surface area (Å²) >= 11 is 0. The Bertz CT molecular complexity index is 2830. The Morgan fingerprint density at radius 3 is 1.11 bits per heavy atom. The molecule has 0 amide bonds. The number of carbonyl (C=O) groups excluding carboxylic acids is 4. The maximum atomic E-state index is 12.8. The smallest absolute Gasteiger partial charge is 0.339 e. The Morgan fingerprint density at radius 2 is 0.782 bits per heavy atom. The number of hydrogen-bond donors (Lipinski definition) is 0. The Morgan fingerprint density at radius 1 is 0.455 bits per heavy atom. The van der Waals surface area contributed by atoms with Crippen molar-refractivity contribution < 1.29 is 38.1 Å². The molecule has 0 atom stereocenters. The first-order chi connectivity index (χ1) is 26.4. The van der Waals surface area contributed by atoms with Crippen LogP contribution in [0, 0.1) is 0 Å². The predicted octanol–water partition coefficient (Wildman–Crippen LogP) is 4.49. The fourth-order valence-corrected chi connectivity index (χ4v) is 6.13. The number of ether oxygens (including phenoxy) is 4. The molecule has 0 fully saturated rings. The Labute approximate surface area is 310 Å². The SMILES string of the molecule is CCOC(=O)c1ccc2cc(C(=O)OC)ccc2c1.CCn1c(=O)c2cc3c(=O)n(COC(=O)c4ccc5cc(C(=O)OC)ccc5c4)c(=O)c3cc2c1=O. The summed E-state index contributed by atoms with van der Waals surface area (Å²) in [6.07, 6.45) is 0. The van der Waals surface area contributed by atoms with Crippen molar-refractivity contribution in [2.45, 2.75) is 27.1 Å². The molecular weight excluding hydrogens is 712 g/mol. The molecule has 0 N–H and O–H groups in total. The molecule has 0 spiro atoms. The molecule has 14 heteroatoms. The summed E-state index contributed by atoms with van der Waals surface area (Å²) in [5.74, 6) is -1.97. The van der Waals surface area contributed by atoms with E-state index in [1.165, 1.54) is 32.4 Å². The van der Waals surface area contributed by atoms with E-state index in [0.29, 0.717) is 34.1 Å². The third-order valence-corrected chi connectivity index (χ3v) is 8.97. The van der Waals surface area contributed by atoms with Crippen LogP contribution in [0.25, 0.3) is 43.1 Å². The quantitative estimate of drug-likeness (QED) is 0.157. The molecular formula is C41H32N2O12. The van der Waals surface area contributed by atoms with Gasteiger partial charge in [-0.05, 0) is 96.1 Å². The van der Waals surface area contributed by atoms with Crippen LogP contribution >= 0.6 is 0 Å². The van der Waals surface area contributed by atoms with Crippen molar-refractivity contribution >= 4 is 67.0 Å². The summed E-state index contributed by atoms with van der Waals surface area (Å²) < 4.78 is 21.3. The predicted molar refractivity (Wildman–Crippen MR) is 203 cm³/mol. The molecule has 0 radical (unpaired) electrons. The van der Waals surface area contributed by atoms with Gasteiger partial charge in [-0.25, -0.2) is 23.7 Å². The molecule has 55 heavy (non-hydrogen) atoms. The maximum absolute atomic E-state index is 12.8. The number of methoxy groups -OCH3 is 2. The van der Waals surface area contributed by atoms with Crippen molar-refractivity contribution in [3.63, 3.8) is 0 Å². The lowest BCUT2D eigenvalue weighted by atomic mass is 10.0. The number of aromatic nitrogens is 2. The molecule has 14 nitrogen and oxygen atoms in total. The van der Waals surface area contributed by atoms with Gasteiger partial charge in [0.25, 0.3) is 22.2 Å². The van der Waals surface area contributed by atoms with Gasteiger partial charge < -0.3 is 18.9 Å². The molecule has 0 saturated carbocycles. The minimum Gasteiger partial charge on any atom is -0.465 e. The van der Waals surface area contributed by atoms with Gasteiger partial charge in [-0.15, -0.1) is 0 Å². The summed E-state index contributed by atoms with van der Waals surface area (Å²) in [5, 5.41) is 3.19. The van der Waals surface area contributed by atoms with Crippen LogP contribution in [-0.4, -0.2) is 53.8 Å². The van der Waals surface area contributed by atoms with Crippen LogP contribution in [0.5, 0.6) is 0 Å². The van der Waals surface area contributed by atoms with Crippen molar-refractivity contribution in [1.82, 2.24) is 9.13 Å². The second-order valence-corrected chi connectivity index (χ2v) is 12.2. The Balaban J connectivity index is 0.000000228. The Hall–Kier alpha value is -7.22. The lowest BCUT2D eigenvalue weighted by Crippen LogP contribution is -2.28. The van der Waals surface area contributed by atoms with E-state index in [9.17, 15) is 38.4 Å². The molecule has 0 saturated heterocycles. The first-order valence-corrected chi connectivity index (χ1v) is 16.9. The van der Waals surface area contributed by atoms with Crippen LogP contribution in [0.15, 0.2) is 104 Å². The summed E-state index contributed by atoms with van der Waals surface area (Å²) in [4.78, 5) is 98.0. The average molecular weight is 745 g/mol. The normalized spacial score (nSPS) is 11.0. The largest absolute Gasteiger partial charge is 0.465 e. The fraction of sp³-hybridized carbons (Fsp3) is 0.171. The third-order valence-electron chi connectivity index (χ3n) is 8.97. The number of benzene rings is 5. The highest BCUT2D eigenvalue weighted by Gasteiger charge is 2.20. The van der Waals surface area contributed by atoms with Gasteiger partial charge >= 0.3 is 23.9 Å². The van der Waals surface area contributed by atoms with Crippen LogP contribution < -0.4 is 22.2 Å². The highest BCUT2D eigenvalue weighted by molar-refractivity contribution is 6.01. The molecule has 2 heterocycles. The zero-order valence-electron chi connectivity index (χ0n) is 30.0. The van der Waals surface area contributed by atoms with E-state index in [-0.39, 0.29) is 45.6 Å². The van der Waals surface area contributed by atoms with Gasteiger partial charge in [-0.1, -0.05) is 24.3 Å². The number of esters is 4. The summed E-state index contributed by atoms with van der Waals surface area (Å²) in [6, 6.07) is 22.4. The van der Waals surface area contributed by atoms with Crippen LogP contribution in [-0.2, 0) is 32.2 Å². The number of hydrogen-bond acceptors (Lipinski definition) is 12. The fourth-order valence-electron chi connectivity index (χ4n) is 6.13. The second-order valence-electron chi connectivity index (χ2n) is 12.2. The average Bonchev–Trinajstić information content (AvgIpc) is 3.59. The number of fused-ring (bicyclic) bond motifs is 4. The molecule has 0 bridgehead atoms. The zero-order valence-corrected chi connectivity index (χ0v) is 30.0. The van der Waals surface area contributed by atoms with E-state index < -0.39 is 40.9 Å². The van der Waals surface area contributed by atoms with Gasteiger partial charge in [-0.2, -0.15) is 0 Å². The lowest BCUT2D eigenvalue weighted by Gasteiger charge is -2.07. The van der Waals surface area contributed by atoms with E-state index in [4.69, 9.17) is 14.2 Å². The maximum Gasteiger partial charge on any atom is 0.339 e. The monoisotopic (exact) mass is 744 g/mol. The number of carbonyl (C=O) groups is 4. The van der Waals surface area contributed by atoms with Crippen molar-refractivity contribution in [2.24, 2.45) is 0 Å². The molecule has 7 rings (SSSR count). The summed E-state index contributed by atoms with van der Waals surface area (Å²) in [7, 11) is 2.63. The number of nitrogens with zero attached hydrogens (tertiary/aromatic N) is 2. The topological polar surface area (TPSA) is 183 Å². The second kappa shape index (κ2) is 15.4. The molecule has 278 valence electrons. The third kappa shape index (κ3) is 7.12. The minimum absolute atomic E-state index is 0.0268. The van der Waals surface area contributed by atoms with Gasteiger partial charge in [0, 0.05) is 6.54 Å². The van der Waals surface area contributed by atoms with Crippen molar-refractivity contribution in [1.29, 1.82) is 0 Å². The van der Waals surface area contributed by atoms with Crippen molar-refractivity contribution in [3.05, 3.63) is 149 Å². The molecule has 0 aliphatic carbocycles. The zero-order chi connectivity index (χ0) is 39.6. The van der Waals surface area contributed by atoms with Gasteiger partial charge in [0.05, 0.1) is 64.6 Å². The summed E-state index contributed by atoms with van der Waals surface area (Å²) in [5.41, 5.74) is -0.980. The lowest BCUT2D eigenvalue weighted by molar-refractivity contribution is 0.0362. The van der Waals surface area contributed by atoms with E-state index in [1.54, 1.807) is 80.6 Å². The highest BCUT2D eigenvalue weighted by Crippen LogP contribution is 2.21. The standard InChI is InChI=1S/C26H18N2O8.C15H14O4/c1-3-27-21(29)17-10-19-20(11-18(17)22(27)30)24(32)28(23(19)31)12-36-26(34)16-7-5-13-8-15(25(33)35-2)6-4-14(13)9-16;1-3-19-15(17)13-7-5-10-8-12(14(16)18-2)6-4-11(10)9-13/h4-11H,3,12H2,1-2H3;4-9H,3H2,1-2H3. The number of rotatable bonds is 8. The van der Waals surface area contributed by atoms with Gasteiger partial charge in [0.15, 0.2) is 6.73 Å². The summed E-state index contributed by atoms with van der Waals surface area (Å²) in [6.45, 7) is 3.29. The van der Waals surface area contributed by atoms with Gasteiger partial charge in [0.1, 0.15) is 0 Å². The molecule has 0 aliphatic rings. The molecule has 0 unspecified atom stereocenters. The molecule has 7 aromatic rings. The van der Waals surface area contributed by atoms with Crippen LogP contribution in [0.2, 0.25) is 0 Å². The van der Waals surface area contributed by atoms with Crippen LogP contribution in [0.4, 0.5) is 0 Å². The van der Waals surface area contributed by atoms with E-state index in [2.05, 4.69) is 4.74 Å². The van der Waals surface area contributed by atoms with E-state index in [0.717, 1.165) is 19.9 Å². The first-order valence-electron chi connectivity index (χ1n) is 16.9. The van der Waals surface area contributed by atoms with Crippen LogP contribution in [0.1, 0.15) is 55.3 Å². The first kappa shape index (κ1) is 37.5. The minimum atomic E-state index is -0.767.